The molecule has 19 heavy (non-hydrogen) atoms. The first-order valence-electron chi connectivity index (χ1n) is 6.11. The van der Waals surface area contributed by atoms with Gasteiger partial charge in [0.05, 0.1) is 6.54 Å². The maximum Gasteiger partial charge on any atom is 0.414 e. The average Bonchev–Trinajstić information content (AvgIpc) is 2.83. The summed E-state index contributed by atoms with van der Waals surface area (Å²) in [5.74, 6) is 0.384. The van der Waals surface area contributed by atoms with Crippen LogP contribution in [0.2, 0.25) is 0 Å². The fraction of sp³-hybridized carbons (Fsp3) is 0.385. The van der Waals surface area contributed by atoms with E-state index >= 15 is 0 Å². The lowest BCUT2D eigenvalue weighted by Crippen LogP contribution is -2.23. The van der Waals surface area contributed by atoms with Gasteiger partial charge in [-0.2, -0.15) is 0 Å². The van der Waals surface area contributed by atoms with E-state index in [-0.39, 0.29) is 12.0 Å². The highest BCUT2D eigenvalue weighted by Crippen LogP contribution is 2.22. The van der Waals surface area contributed by atoms with Crippen molar-refractivity contribution in [2.24, 2.45) is 0 Å². The standard InChI is InChI=1S/C13H15ClN2O3/c14-6-2-5-12(17)15-10-3-1-4-11(9-10)16-7-8-19-13(16)18/h1,3-4,9H,2,5-8H2,(H,15,17). The lowest BCUT2D eigenvalue weighted by atomic mass is 10.2. The molecule has 0 spiro atoms. The molecule has 102 valence electrons. The molecule has 0 aromatic heterocycles. The zero-order chi connectivity index (χ0) is 13.7. The molecule has 1 aromatic rings. The van der Waals surface area contributed by atoms with Gasteiger partial charge >= 0.3 is 6.09 Å². The second kappa shape index (κ2) is 6.43. The highest BCUT2D eigenvalue weighted by Gasteiger charge is 2.23. The summed E-state index contributed by atoms with van der Waals surface area (Å²) in [7, 11) is 0. The zero-order valence-corrected chi connectivity index (χ0v) is 11.2. The monoisotopic (exact) mass is 282 g/mol. The van der Waals surface area contributed by atoms with Crippen LogP contribution in [-0.2, 0) is 9.53 Å². The minimum Gasteiger partial charge on any atom is -0.447 e. The average molecular weight is 283 g/mol. The number of ether oxygens (including phenoxy) is 1. The Morgan fingerprint density at radius 3 is 3.00 bits per heavy atom. The summed E-state index contributed by atoms with van der Waals surface area (Å²) < 4.78 is 4.88. The summed E-state index contributed by atoms with van der Waals surface area (Å²) >= 11 is 5.54. The van der Waals surface area contributed by atoms with Gasteiger partial charge in [-0.05, 0) is 24.6 Å². The Bertz CT molecular complexity index is 479. The van der Waals surface area contributed by atoms with Crippen LogP contribution in [0.15, 0.2) is 24.3 Å². The zero-order valence-electron chi connectivity index (χ0n) is 10.4. The van der Waals surface area contributed by atoms with Gasteiger partial charge in [0.25, 0.3) is 0 Å². The molecule has 0 aliphatic carbocycles. The molecule has 1 N–H and O–H groups in total. The molecule has 5 nitrogen and oxygen atoms in total. The molecule has 1 aromatic carbocycles. The molecule has 0 unspecified atom stereocenters. The second-order valence-corrected chi connectivity index (χ2v) is 4.54. The summed E-state index contributed by atoms with van der Waals surface area (Å²) in [4.78, 5) is 24.6. The van der Waals surface area contributed by atoms with E-state index in [4.69, 9.17) is 16.3 Å². The van der Waals surface area contributed by atoms with Crippen LogP contribution in [0.5, 0.6) is 0 Å². The Balaban J connectivity index is 2.02. The van der Waals surface area contributed by atoms with Crippen molar-refractivity contribution in [3.05, 3.63) is 24.3 Å². The van der Waals surface area contributed by atoms with Crippen molar-refractivity contribution in [1.29, 1.82) is 0 Å². The number of cyclic esters (lactones) is 1. The normalized spacial score (nSPS) is 14.4. The van der Waals surface area contributed by atoms with Gasteiger partial charge in [0.1, 0.15) is 6.61 Å². The van der Waals surface area contributed by atoms with E-state index in [0.29, 0.717) is 37.6 Å². The van der Waals surface area contributed by atoms with E-state index in [0.717, 1.165) is 5.69 Å². The number of amides is 2. The first kappa shape index (κ1) is 13.7. The number of alkyl halides is 1. The van der Waals surface area contributed by atoms with Crippen LogP contribution in [0.4, 0.5) is 16.2 Å². The molecule has 6 heteroatoms. The fourth-order valence-corrected chi connectivity index (χ4v) is 1.96. The molecule has 0 radical (unpaired) electrons. The predicted molar refractivity (Wildman–Crippen MR) is 73.7 cm³/mol. The second-order valence-electron chi connectivity index (χ2n) is 4.16. The number of benzene rings is 1. The van der Waals surface area contributed by atoms with Gasteiger partial charge in [-0.25, -0.2) is 4.79 Å². The molecule has 1 fully saturated rings. The quantitative estimate of drug-likeness (QED) is 0.845. The van der Waals surface area contributed by atoms with Crippen molar-refractivity contribution in [2.45, 2.75) is 12.8 Å². The number of carbonyl (C=O) groups is 2. The first-order chi connectivity index (χ1) is 9.20. The van der Waals surface area contributed by atoms with E-state index in [1.54, 1.807) is 24.3 Å². The molecular weight excluding hydrogens is 268 g/mol. The highest BCUT2D eigenvalue weighted by molar-refractivity contribution is 6.18. The molecule has 1 saturated heterocycles. The Morgan fingerprint density at radius 1 is 1.47 bits per heavy atom. The van der Waals surface area contributed by atoms with Crippen LogP contribution in [0.25, 0.3) is 0 Å². The van der Waals surface area contributed by atoms with Crippen LogP contribution >= 0.6 is 11.6 Å². The maximum absolute atomic E-state index is 11.6. The Hall–Kier alpha value is -1.75. The third-order valence-electron chi connectivity index (χ3n) is 2.74. The third-order valence-corrected chi connectivity index (χ3v) is 3.01. The number of hydrogen-bond donors (Lipinski definition) is 1. The summed E-state index contributed by atoms with van der Waals surface area (Å²) in [6.07, 6.45) is 0.677. The number of nitrogens with one attached hydrogen (secondary N) is 1. The summed E-state index contributed by atoms with van der Waals surface area (Å²) in [6, 6.07) is 7.13. The van der Waals surface area contributed by atoms with Gasteiger partial charge in [0.2, 0.25) is 5.91 Å². The van der Waals surface area contributed by atoms with Crippen LogP contribution in [-0.4, -0.2) is 31.0 Å². The lowest BCUT2D eigenvalue weighted by molar-refractivity contribution is -0.116. The number of rotatable bonds is 5. The van der Waals surface area contributed by atoms with Crippen LogP contribution in [0, 0.1) is 0 Å². The molecular formula is C13H15ClN2O3. The van der Waals surface area contributed by atoms with E-state index in [1.807, 2.05) is 0 Å². The minimum atomic E-state index is -0.356. The molecule has 0 atom stereocenters. The molecule has 2 rings (SSSR count). The van der Waals surface area contributed by atoms with Crippen molar-refractivity contribution >= 4 is 35.0 Å². The van der Waals surface area contributed by atoms with Crippen molar-refractivity contribution in [3.8, 4) is 0 Å². The number of halogens is 1. The highest BCUT2D eigenvalue weighted by atomic mass is 35.5. The smallest absolute Gasteiger partial charge is 0.414 e. The maximum atomic E-state index is 11.6. The predicted octanol–water partition coefficient (Wildman–Crippen LogP) is 2.60. The Kier molecular flexibility index (Phi) is 4.63. The van der Waals surface area contributed by atoms with E-state index in [9.17, 15) is 9.59 Å². The van der Waals surface area contributed by atoms with Crippen molar-refractivity contribution in [1.82, 2.24) is 0 Å². The number of hydrogen-bond acceptors (Lipinski definition) is 3. The Labute approximate surface area is 116 Å². The van der Waals surface area contributed by atoms with Crippen LogP contribution in [0.3, 0.4) is 0 Å². The minimum absolute atomic E-state index is 0.0817. The summed E-state index contributed by atoms with van der Waals surface area (Å²) in [5.41, 5.74) is 1.38. The van der Waals surface area contributed by atoms with E-state index in [1.165, 1.54) is 4.90 Å². The first-order valence-corrected chi connectivity index (χ1v) is 6.64. The topological polar surface area (TPSA) is 58.6 Å². The Morgan fingerprint density at radius 2 is 2.32 bits per heavy atom. The van der Waals surface area contributed by atoms with Gasteiger partial charge in [-0.1, -0.05) is 6.07 Å². The van der Waals surface area contributed by atoms with Gasteiger partial charge in [0.15, 0.2) is 0 Å². The fourth-order valence-electron chi connectivity index (χ4n) is 1.83. The van der Waals surface area contributed by atoms with Crippen molar-refractivity contribution in [2.75, 3.05) is 29.2 Å². The van der Waals surface area contributed by atoms with E-state index in [2.05, 4.69) is 5.32 Å². The molecule has 2 amide bonds. The number of nitrogens with zero attached hydrogens (tertiary/aromatic N) is 1. The molecule has 0 saturated carbocycles. The van der Waals surface area contributed by atoms with Gasteiger partial charge < -0.3 is 10.1 Å². The third kappa shape index (κ3) is 3.61. The van der Waals surface area contributed by atoms with Crippen molar-refractivity contribution in [3.63, 3.8) is 0 Å². The summed E-state index contributed by atoms with van der Waals surface area (Å²) in [5, 5.41) is 2.78. The SMILES string of the molecule is O=C(CCCCl)Nc1cccc(N2CCOC2=O)c1. The van der Waals surface area contributed by atoms with Crippen molar-refractivity contribution < 1.29 is 14.3 Å². The number of anilines is 2. The van der Waals surface area contributed by atoms with E-state index < -0.39 is 0 Å². The van der Waals surface area contributed by atoms with Gasteiger partial charge in [0, 0.05) is 23.7 Å². The molecule has 0 bridgehead atoms. The molecule has 1 heterocycles. The van der Waals surface area contributed by atoms with Gasteiger partial charge in [-0.15, -0.1) is 11.6 Å². The van der Waals surface area contributed by atoms with Crippen LogP contribution < -0.4 is 10.2 Å². The summed E-state index contributed by atoms with van der Waals surface area (Å²) in [6.45, 7) is 0.924. The molecule has 1 aliphatic heterocycles. The lowest BCUT2D eigenvalue weighted by Gasteiger charge is -2.14. The van der Waals surface area contributed by atoms with Gasteiger partial charge in [-0.3, -0.25) is 9.69 Å². The van der Waals surface area contributed by atoms with Crippen LogP contribution in [0.1, 0.15) is 12.8 Å². The largest absolute Gasteiger partial charge is 0.447 e. The number of carbonyl (C=O) groups excluding carboxylic acids is 2. The molecule has 1 aliphatic rings.